The second kappa shape index (κ2) is 10.6. The van der Waals surface area contributed by atoms with Crippen molar-refractivity contribution < 1.29 is 25.3 Å². The Kier molecular flexibility index (Phi) is 8.09. The summed E-state index contributed by atoms with van der Waals surface area (Å²) in [5, 5.41) is -0.325. The molecule has 3 aliphatic rings. The fraction of sp³-hybridized carbons (Fsp3) is 0.375. The van der Waals surface area contributed by atoms with E-state index in [-0.39, 0.29) is 29.7 Å². The predicted molar refractivity (Wildman–Crippen MR) is 198 cm³/mol. The summed E-state index contributed by atoms with van der Waals surface area (Å²) in [5.74, 6) is 0. The number of hydrogen-bond donors (Lipinski definition) is 0. The number of thiophene rings is 2. The van der Waals surface area contributed by atoms with Gasteiger partial charge in [-0.15, -0.1) is 22.7 Å². The van der Waals surface area contributed by atoms with Gasteiger partial charge in [0.1, 0.15) is 16.1 Å². The van der Waals surface area contributed by atoms with Crippen LogP contribution in [0.15, 0.2) is 69.8 Å². The number of hydrogen-bond acceptors (Lipinski definition) is 8. The molecular weight excluding hydrogens is 697 g/mol. The van der Waals surface area contributed by atoms with Gasteiger partial charge in [-0.25, -0.2) is 25.3 Å². The molecule has 0 amide bonds. The lowest BCUT2D eigenvalue weighted by molar-refractivity contribution is 0.610. The molecule has 45 heavy (non-hydrogen) atoms. The van der Waals surface area contributed by atoms with Crippen molar-refractivity contribution in [1.82, 2.24) is 0 Å². The molecule has 3 aliphatic heterocycles. The Balaban J connectivity index is 1.38. The van der Waals surface area contributed by atoms with Gasteiger partial charge in [0.05, 0.1) is 19.6 Å². The molecule has 0 fully saturated rings. The van der Waals surface area contributed by atoms with E-state index < -0.39 is 45.7 Å². The van der Waals surface area contributed by atoms with E-state index in [9.17, 15) is 25.3 Å². The van der Waals surface area contributed by atoms with Crippen LogP contribution in [-0.2, 0) is 29.5 Å². The summed E-state index contributed by atoms with van der Waals surface area (Å²) in [5.41, 5.74) is 0. The molecule has 0 saturated heterocycles. The van der Waals surface area contributed by atoms with Crippen molar-refractivity contribution in [3.05, 3.63) is 89.3 Å². The molecule has 0 bridgehead atoms. The maximum Gasteiger partial charge on any atom is 0.209 e. The van der Waals surface area contributed by atoms with Gasteiger partial charge in [0.15, 0.2) is 19.7 Å². The Labute approximate surface area is 278 Å². The van der Waals surface area contributed by atoms with Crippen LogP contribution in [0.2, 0.25) is 36.3 Å². The summed E-state index contributed by atoms with van der Waals surface area (Å²) < 4.78 is 83.3. The van der Waals surface area contributed by atoms with Crippen molar-refractivity contribution in [3.8, 4) is 0 Å². The van der Waals surface area contributed by atoms with Crippen LogP contribution in [0.1, 0.15) is 61.1 Å². The second-order valence-electron chi connectivity index (χ2n) is 14.8. The molecule has 0 N–H and O–H groups in total. The lowest BCUT2D eigenvalue weighted by atomic mass is 10.2. The van der Waals surface area contributed by atoms with E-state index in [2.05, 4.69) is 67.7 Å². The number of sulfone groups is 3. The molecule has 242 valence electrons. The monoisotopic (exact) mass is 736 g/mol. The van der Waals surface area contributed by atoms with Gasteiger partial charge in [-0.3, -0.25) is 0 Å². The van der Waals surface area contributed by atoms with Crippen LogP contribution >= 0.6 is 22.7 Å². The van der Waals surface area contributed by atoms with E-state index >= 15 is 0 Å². The predicted octanol–water partition coefficient (Wildman–Crippen LogP) is 9.02. The number of rotatable bonds is 6. The van der Waals surface area contributed by atoms with E-state index in [1.807, 2.05) is 0 Å². The highest BCUT2D eigenvalue weighted by molar-refractivity contribution is 8.10. The summed E-state index contributed by atoms with van der Waals surface area (Å²) in [6, 6.07) is 6.66. The molecule has 0 aliphatic carbocycles. The van der Waals surface area contributed by atoms with Crippen LogP contribution in [-0.4, -0.2) is 41.4 Å². The van der Waals surface area contributed by atoms with Crippen molar-refractivity contribution in [2.45, 2.75) is 77.8 Å². The van der Waals surface area contributed by atoms with Crippen molar-refractivity contribution in [2.24, 2.45) is 0 Å². The standard InChI is InChI=1S/C32H40O6S5Si2/c1-31(2,3)44(7,8)29-19-17-27(42(29,35)36)23-13-11-21(39-23)25-15-16-26(41(25,33)34)22-12-14-24(40-22)28-18-20-30(43(28,37)38)45(9,10)32(4,5)6/h11-20H,1-10H3. The van der Waals surface area contributed by atoms with E-state index in [0.717, 1.165) is 22.7 Å². The van der Waals surface area contributed by atoms with Crippen LogP contribution in [0, 0.1) is 0 Å². The average Bonchev–Trinajstić information content (AvgIpc) is 3.67. The van der Waals surface area contributed by atoms with Crippen molar-refractivity contribution in [1.29, 1.82) is 0 Å². The lowest BCUT2D eigenvalue weighted by Crippen LogP contribution is -2.41. The number of allylic oxidation sites excluding steroid dienone is 6. The first kappa shape index (κ1) is 34.5. The fourth-order valence-corrected chi connectivity index (χ4v) is 22.6. The average molecular weight is 737 g/mol. The molecule has 0 unspecified atom stereocenters. The molecule has 0 aromatic carbocycles. The molecule has 2 aromatic rings. The van der Waals surface area contributed by atoms with E-state index in [0.29, 0.717) is 28.6 Å². The quantitative estimate of drug-likeness (QED) is 0.275. The zero-order chi connectivity index (χ0) is 33.8. The van der Waals surface area contributed by atoms with Gasteiger partial charge >= 0.3 is 0 Å². The zero-order valence-electron chi connectivity index (χ0n) is 27.3. The van der Waals surface area contributed by atoms with Crippen molar-refractivity contribution in [3.63, 3.8) is 0 Å². The van der Waals surface area contributed by atoms with Gasteiger partial charge in [0.25, 0.3) is 0 Å². The normalized spacial score (nSPS) is 21.2. The summed E-state index contributed by atoms with van der Waals surface area (Å²) >= 11 is 2.29. The van der Waals surface area contributed by atoms with Gasteiger partial charge in [-0.1, -0.05) is 79.9 Å². The van der Waals surface area contributed by atoms with Crippen LogP contribution in [0.25, 0.3) is 19.6 Å². The molecule has 5 rings (SSSR count). The molecule has 5 heterocycles. The van der Waals surface area contributed by atoms with Gasteiger partial charge < -0.3 is 0 Å². The van der Waals surface area contributed by atoms with Crippen molar-refractivity contribution in [2.75, 3.05) is 0 Å². The first-order valence-corrected chi connectivity index (χ1v) is 26.7. The smallest absolute Gasteiger partial charge is 0.209 e. The Hall–Kier alpha value is -1.88. The Morgan fingerprint density at radius 2 is 0.689 bits per heavy atom. The summed E-state index contributed by atoms with van der Waals surface area (Å²) in [7, 11) is -16.0. The highest BCUT2D eigenvalue weighted by atomic mass is 32.2. The minimum absolute atomic E-state index is 0.104. The molecule has 2 aromatic heterocycles. The third-order valence-corrected chi connectivity index (χ3v) is 33.0. The third-order valence-electron chi connectivity index (χ3n) is 10.1. The topological polar surface area (TPSA) is 102 Å². The molecule has 0 atom stereocenters. The molecule has 0 spiro atoms. The Morgan fingerprint density at radius 1 is 0.444 bits per heavy atom. The molecular formula is C32H40O6S5Si2. The van der Waals surface area contributed by atoms with Crippen LogP contribution in [0.4, 0.5) is 0 Å². The SMILES string of the molecule is CC(C)(C)[Si](C)(C)C1=CC=C(c2ccc(C3=CC=C(c4ccc(C5=CC=C([Si](C)(C)C(C)(C)C)S5(=O)=O)s4)S3(=O)=O)s2)S1(=O)=O. The third kappa shape index (κ3) is 5.30. The molecule has 0 saturated carbocycles. The van der Waals surface area contributed by atoms with Gasteiger partial charge in [-0.05, 0) is 58.6 Å². The lowest BCUT2D eigenvalue weighted by Gasteiger charge is -2.37. The Morgan fingerprint density at radius 3 is 0.956 bits per heavy atom. The Bertz CT molecular complexity index is 2000. The first-order chi connectivity index (χ1) is 20.4. The van der Waals surface area contributed by atoms with Crippen LogP contribution in [0.5, 0.6) is 0 Å². The maximum absolute atomic E-state index is 13.8. The summed E-state index contributed by atoms with van der Waals surface area (Å²) in [6.45, 7) is 20.7. The summed E-state index contributed by atoms with van der Waals surface area (Å²) in [6.07, 6.45) is 9.83. The van der Waals surface area contributed by atoms with E-state index in [4.69, 9.17) is 0 Å². The highest BCUT2D eigenvalue weighted by Crippen LogP contribution is 2.51. The fourth-order valence-electron chi connectivity index (χ4n) is 5.24. The van der Waals surface area contributed by atoms with E-state index in [1.165, 1.54) is 0 Å². The van der Waals surface area contributed by atoms with Crippen LogP contribution < -0.4 is 0 Å². The van der Waals surface area contributed by atoms with Crippen LogP contribution in [0.3, 0.4) is 0 Å². The largest absolute Gasteiger partial charge is 0.219 e. The minimum Gasteiger partial charge on any atom is -0.219 e. The van der Waals surface area contributed by atoms with Gasteiger partial charge in [0.2, 0.25) is 9.84 Å². The second-order valence-corrected chi connectivity index (χ2v) is 33.9. The van der Waals surface area contributed by atoms with Gasteiger partial charge in [-0.2, -0.15) is 0 Å². The highest BCUT2D eigenvalue weighted by Gasteiger charge is 2.48. The molecule has 6 nitrogen and oxygen atoms in total. The zero-order valence-corrected chi connectivity index (χ0v) is 33.3. The molecule has 0 radical (unpaired) electrons. The molecule has 13 heteroatoms. The summed E-state index contributed by atoms with van der Waals surface area (Å²) in [4.78, 5) is 2.54. The minimum atomic E-state index is -3.93. The van der Waals surface area contributed by atoms with E-state index in [1.54, 1.807) is 60.7 Å². The maximum atomic E-state index is 13.8. The van der Waals surface area contributed by atoms with Gasteiger partial charge in [0, 0.05) is 28.6 Å². The first-order valence-electron chi connectivity index (χ1n) is 14.6. The van der Waals surface area contributed by atoms with Crippen molar-refractivity contribution >= 4 is 88.0 Å².